The first-order valence-corrected chi connectivity index (χ1v) is 8.58. The van der Waals surface area contributed by atoms with Gasteiger partial charge < -0.3 is 16.0 Å². The van der Waals surface area contributed by atoms with E-state index in [2.05, 4.69) is 16.0 Å². The molecule has 2 fully saturated rings. The number of urea groups is 1. The van der Waals surface area contributed by atoms with Crippen LogP contribution in [0.5, 0.6) is 0 Å². The van der Waals surface area contributed by atoms with Gasteiger partial charge in [-0.25, -0.2) is 4.79 Å². The van der Waals surface area contributed by atoms with Gasteiger partial charge in [-0.3, -0.25) is 4.79 Å². The fourth-order valence-electron chi connectivity index (χ4n) is 3.99. The monoisotopic (exact) mass is 315 g/mol. The van der Waals surface area contributed by atoms with Crippen LogP contribution >= 0.6 is 0 Å². The van der Waals surface area contributed by atoms with E-state index in [9.17, 15) is 9.59 Å². The Bertz CT molecular complexity index is 570. The fourth-order valence-corrected chi connectivity index (χ4v) is 3.99. The number of rotatable bonds is 5. The van der Waals surface area contributed by atoms with E-state index < -0.39 is 0 Å². The van der Waals surface area contributed by atoms with Gasteiger partial charge >= 0.3 is 6.03 Å². The average molecular weight is 315 g/mol. The molecule has 0 saturated heterocycles. The maximum absolute atomic E-state index is 12.0. The van der Waals surface area contributed by atoms with Gasteiger partial charge in [0, 0.05) is 24.3 Å². The largest absolute Gasteiger partial charge is 0.352 e. The molecule has 1 aromatic rings. The van der Waals surface area contributed by atoms with Crippen molar-refractivity contribution in [2.75, 3.05) is 18.4 Å². The van der Waals surface area contributed by atoms with E-state index in [0.717, 1.165) is 18.4 Å². The lowest BCUT2D eigenvalue weighted by atomic mass is 9.89. The summed E-state index contributed by atoms with van der Waals surface area (Å²) in [4.78, 5) is 23.7. The van der Waals surface area contributed by atoms with Gasteiger partial charge in [0.25, 0.3) is 5.91 Å². The molecule has 0 aromatic heterocycles. The molecule has 5 nitrogen and oxygen atoms in total. The summed E-state index contributed by atoms with van der Waals surface area (Å²) in [5.41, 5.74) is 1.29. The highest BCUT2D eigenvalue weighted by Crippen LogP contribution is 2.47. The van der Waals surface area contributed by atoms with Crippen LogP contribution < -0.4 is 16.0 Å². The smallest absolute Gasteiger partial charge is 0.319 e. The molecule has 124 valence electrons. The lowest BCUT2D eigenvalue weighted by Gasteiger charge is -2.21. The Morgan fingerprint density at radius 1 is 1.09 bits per heavy atom. The van der Waals surface area contributed by atoms with Crippen LogP contribution in [0.4, 0.5) is 10.5 Å². The number of amides is 3. The normalized spacial score (nSPS) is 25.2. The predicted octanol–water partition coefficient (Wildman–Crippen LogP) is 2.99. The average Bonchev–Trinajstić information content (AvgIpc) is 3.17. The van der Waals surface area contributed by atoms with Gasteiger partial charge in [-0.05, 0) is 68.2 Å². The number of carbonyl (C=O) groups is 2. The molecule has 1 aromatic carbocycles. The van der Waals surface area contributed by atoms with Crippen molar-refractivity contribution in [2.45, 2.75) is 32.6 Å². The van der Waals surface area contributed by atoms with E-state index in [1.165, 1.54) is 25.7 Å². The van der Waals surface area contributed by atoms with Gasteiger partial charge in [-0.15, -0.1) is 0 Å². The molecule has 2 aliphatic rings. The number of benzene rings is 1. The second-order valence-electron chi connectivity index (χ2n) is 6.71. The van der Waals surface area contributed by atoms with Crippen molar-refractivity contribution in [1.82, 2.24) is 10.6 Å². The van der Waals surface area contributed by atoms with E-state index in [0.29, 0.717) is 23.7 Å². The summed E-state index contributed by atoms with van der Waals surface area (Å²) in [5, 5.41) is 8.56. The minimum absolute atomic E-state index is 0.0974. The van der Waals surface area contributed by atoms with Gasteiger partial charge in [0.1, 0.15) is 0 Å². The zero-order chi connectivity index (χ0) is 16.2. The van der Waals surface area contributed by atoms with E-state index in [4.69, 9.17) is 0 Å². The SMILES string of the molecule is CCNC(=O)c1ccc(NC(=O)NCC2CC3CCC2C3)cc1. The number of hydrogen-bond acceptors (Lipinski definition) is 2. The minimum atomic E-state index is -0.168. The van der Waals surface area contributed by atoms with Crippen molar-refractivity contribution in [2.24, 2.45) is 17.8 Å². The van der Waals surface area contributed by atoms with Crippen LogP contribution in [0.15, 0.2) is 24.3 Å². The first-order valence-electron chi connectivity index (χ1n) is 8.58. The van der Waals surface area contributed by atoms with Crippen LogP contribution in [0.1, 0.15) is 43.0 Å². The van der Waals surface area contributed by atoms with Crippen molar-refractivity contribution >= 4 is 17.6 Å². The highest BCUT2D eigenvalue weighted by molar-refractivity contribution is 5.95. The lowest BCUT2D eigenvalue weighted by molar-refractivity contribution is 0.0956. The number of hydrogen-bond donors (Lipinski definition) is 3. The first-order chi connectivity index (χ1) is 11.2. The van der Waals surface area contributed by atoms with E-state index in [-0.39, 0.29) is 11.9 Å². The third-order valence-electron chi connectivity index (χ3n) is 5.15. The van der Waals surface area contributed by atoms with Crippen LogP contribution in [0.25, 0.3) is 0 Å². The third kappa shape index (κ3) is 3.84. The Balaban J connectivity index is 1.45. The van der Waals surface area contributed by atoms with Crippen LogP contribution in [-0.4, -0.2) is 25.0 Å². The molecule has 2 saturated carbocycles. The molecule has 3 unspecified atom stereocenters. The van der Waals surface area contributed by atoms with E-state index in [1.54, 1.807) is 24.3 Å². The van der Waals surface area contributed by atoms with Crippen molar-refractivity contribution in [1.29, 1.82) is 0 Å². The van der Waals surface area contributed by atoms with E-state index in [1.807, 2.05) is 6.92 Å². The molecule has 23 heavy (non-hydrogen) atoms. The highest BCUT2D eigenvalue weighted by Gasteiger charge is 2.39. The van der Waals surface area contributed by atoms with Crippen LogP contribution in [0, 0.1) is 17.8 Å². The van der Waals surface area contributed by atoms with Crippen LogP contribution in [0.3, 0.4) is 0 Å². The van der Waals surface area contributed by atoms with Gasteiger partial charge in [0.05, 0.1) is 0 Å². The summed E-state index contributed by atoms with van der Waals surface area (Å²) in [6.45, 7) is 3.25. The lowest BCUT2D eigenvalue weighted by Crippen LogP contribution is -2.34. The summed E-state index contributed by atoms with van der Waals surface area (Å²) in [7, 11) is 0. The number of carbonyl (C=O) groups excluding carboxylic acids is 2. The molecule has 2 bridgehead atoms. The Morgan fingerprint density at radius 3 is 2.48 bits per heavy atom. The van der Waals surface area contributed by atoms with Crippen molar-refractivity contribution in [3.63, 3.8) is 0 Å². The molecule has 0 spiro atoms. The summed E-state index contributed by atoms with van der Waals surface area (Å²) in [6.07, 6.45) is 5.34. The Hall–Kier alpha value is -2.04. The summed E-state index contributed by atoms with van der Waals surface area (Å²) >= 11 is 0. The minimum Gasteiger partial charge on any atom is -0.352 e. The maximum Gasteiger partial charge on any atom is 0.319 e. The standard InChI is InChI=1S/C18H25N3O2/c1-2-19-17(22)13-5-7-16(8-6-13)21-18(23)20-11-15-10-12-3-4-14(15)9-12/h5-8,12,14-15H,2-4,9-11H2,1H3,(H,19,22)(H2,20,21,23). The van der Waals surface area contributed by atoms with Gasteiger partial charge in [0.2, 0.25) is 0 Å². The Morgan fingerprint density at radius 2 is 1.87 bits per heavy atom. The molecule has 0 heterocycles. The van der Waals surface area contributed by atoms with Gasteiger partial charge in [0.15, 0.2) is 0 Å². The quantitative estimate of drug-likeness (QED) is 0.782. The maximum atomic E-state index is 12.0. The van der Waals surface area contributed by atoms with E-state index >= 15 is 0 Å². The Kier molecular flexibility index (Phi) is 4.84. The summed E-state index contributed by atoms with van der Waals surface area (Å²) in [6, 6.07) is 6.77. The third-order valence-corrected chi connectivity index (χ3v) is 5.15. The second kappa shape index (κ2) is 7.02. The molecule has 3 amide bonds. The Labute approximate surface area is 137 Å². The van der Waals surface area contributed by atoms with Gasteiger partial charge in [-0.2, -0.15) is 0 Å². The molecule has 2 aliphatic carbocycles. The molecule has 3 atom stereocenters. The van der Waals surface area contributed by atoms with Crippen LogP contribution in [0.2, 0.25) is 0 Å². The first kappa shape index (κ1) is 15.8. The van der Waals surface area contributed by atoms with Crippen molar-refractivity contribution in [3.8, 4) is 0 Å². The van der Waals surface area contributed by atoms with Crippen molar-refractivity contribution in [3.05, 3.63) is 29.8 Å². The molecule has 3 rings (SSSR count). The highest BCUT2D eigenvalue weighted by atomic mass is 16.2. The summed E-state index contributed by atoms with van der Waals surface area (Å²) in [5.74, 6) is 2.27. The number of anilines is 1. The van der Waals surface area contributed by atoms with Crippen molar-refractivity contribution < 1.29 is 9.59 Å². The molecule has 3 N–H and O–H groups in total. The zero-order valence-corrected chi connectivity index (χ0v) is 13.6. The number of fused-ring (bicyclic) bond motifs is 2. The molecule has 0 radical (unpaired) electrons. The second-order valence-corrected chi connectivity index (χ2v) is 6.71. The number of nitrogens with one attached hydrogen (secondary N) is 3. The van der Waals surface area contributed by atoms with Gasteiger partial charge in [-0.1, -0.05) is 6.42 Å². The predicted molar refractivity (Wildman–Crippen MR) is 90.4 cm³/mol. The topological polar surface area (TPSA) is 70.2 Å². The molecular weight excluding hydrogens is 290 g/mol. The van der Waals surface area contributed by atoms with Crippen LogP contribution in [-0.2, 0) is 0 Å². The fraction of sp³-hybridized carbons (Fsp3) is 0.556. The molecular formula is C18H25N3O2. The molecule has 0 aliphatic heterocycles. The zero-order valence-electron chi connectivity index (χ0n) is 13.6. The summed E-state index contributed by atoms with van der Waals surface area (Å²) < 4.78 is 0. The molecule has 5 heteroatoms.